The molecule has 150 valence electrons. The molecule has 0 aliphatic heterocycles. The fourth-order valence-electron chi connectivity index (χ4n) is 2.58. The molecule has 7 heteroatoms. The van der Waals surface area contributed by atoms with Crippen LogP contribution in [0.25, 0.3) is 0 Å². The first-order chi connectivity index (χ1) is 13.7. The Bertz CT molecular complexity index is 778. The van der Waals surface area contributed by atoms with Crippen molar-refractivity contribution in [2.24, 2.45) is 4.99 Å². The van der Waals surface area contributed by atoms with E-state index < -0.39 is 0 Å². The van der Waals surface area contributed by atoms with Crippen LogP contribution in [0.4, 0.5) is 0 Å². The van der Waals surface area contributed by atoms with E-state index >= 15 is 0 Å². The second-order valence-corrected chi connectivity index (χ2v) is 6.04. The summed E-state index contributed by atoms with van der Waals surface area (Å²) < 4.78 is 10.6. The standard InChI is InChI=1S/C21H28N4O3/c1-22-21(25-15-17-9-10-18(27-2)13-19(17)28-3)23-12-11-20(26)24-14-16-7-5-4-6-8-16/h4-10,13H,11-12,14-15H2,1-3H3,(H,24,26)(H2,22,23,25). The van der Waals surface area contributed by atoms with Gasteiger partial charge in [0.1, 0.15) is 11.5 Å². The predicted molar refractivity (Wildman–Crippen MR) is 111 cm³/mol. The molecule has 0 radical (unpaired) electrons. The lowest BCUT2D eigenvalue weighted by atomic mass is 10.2. The van der Waals surface area contributed by atoms with E-state index in [4.69, 9.17) is 9.47 Å². The Labute approximate surface area is 166 Å². The van der Waals surface area contributed by atoms with E-state index in [0.717, 1.165) is 22.6 Å². The number of nitrogens with one attached hydrogen (secondary N) is 3. The van der Waals surface area contributed by atoms with Gasteiger partial charge in [-0.1, -0.05) is 30.3 Å². The van der Waals surface area contributed by atoms with Gasteiger partial charge in [0, 0.05) is 44.7 Å². The number of ether oxygens (including phenoxy) is 2. The van der Waals surface area contributed by atoms with Gasteiger partial charge in [-0.15, -0.1) is 0 Å². The van der Waals surface area contributed by atoms with Gasteiger partial charge in [0.05, 0.1) is 14.2 Å². The first kappa shape index (κ1) is 21.1. The fourth-order valence-corrected chi connectivity index (χ4v) is 2.58. The van der Waals surface area contributed by atoms with Crippen molar-refractivity contribution in [3.05, 3.63) is 59.7 Å². The molecule has 2 aromatic rings. The molecule has 28 heavy (non-hydrogen) atoms. The summed E-state index contributed by atoms with van der Waals surface area (Å²) in [6, 6.07) is 15.5. The number of guanidine groups is 1. The first-order valence-electron chi connectivity index (χ1n) is 9.12. The van der Waals surface area contributed by atoms with Crippen LogP contribution in [-0.2, 0) is 17.9 Å². The van der Waals surface area contributed by atoms with E-state index in [1.54, 1.807) is 21.3 Å². The normalized spacial score (nSPS) is 10.9. The monoisotopic (exact) mass is 384 g/mol. The Morgan fingerprint density at radius 1 is 0.964 bits per heavy atom. The molecule has 0 aromatic heterocycles. The molecule has 0 unspecified atom stereocenters. The molecule has 0 saturated carbocycles. The molecule has 2 aromatic carbocycles. The van der Waals surface area contributed by atoms with Crippen LogP contribution in [-0.4, -0.2) is 39.7 Å². The number of methoxy groups -OCH3 is 2. The molecular weight excluding hydrogens is 356 g/mol. The van der Waals surface area contributed by atoms with Crippen molar-refractivity contribution >= 4 is 11.9 Å². The van der Waals surface area contributed by atoms with Gasteiger partial charge in [0.15, 0.2) is 5.96 Å². The van der Waals surface area contributed by atoms with E-state index in [1.165, 1.54) is 0 Å². The molecular formula is C21H28N4O3. The lowest BCUT2D eigenvalue weighted by Crippen LogP contribution is -2.38. The summed E-state index contributed by atoms with van der Waals surface area (Å²) in [6.45, 7) is 1.55. The minimum absolute atomic E-state index is 0.0105. The average Bonchev–Trinajstić information content (AvgIpc) is 2.75. The van der Waals surface area contributed by atoms with Crippen molar-refractivity contribution in [2.45, 2.75) is 19.5 Å². The third-order valence-electron chi connectivity index (χ3n) is 4.14. The summed E-state index contributed by atoms with van der Waals surface area (Å²) >= 11 is 0. The summed E-state index contributed by atoms with van der Waals surface area (Å²) in [6.07, 6.45) is 0.361. The maximum atomic E-state index is 12.0. The zero-order valence-corrected chi connectivity index (χ0v) is 16.6. The van der Waals surface area contributed by atoms with Gasteiger partial charge in [-0.05, 0) is 17.7 Å². The lowest BCUT2D eigenvalue weighted by Gasteiger charge is -2.14. The number of amides is 1. The molecule has 0 saturated heterocycles. The minimum atomic E-state index is -0.0105. The van der Waals surface area contributed by atoms with Crippen LogP contribution in [0.3, 0.4) is 0 Å². The number of carbonyl (C=O) groups excluding carboxylic acids is 1. The Balaban J connectivity index is 1.73. The van der Waals surface area contributed by atoms with Crippen LogP contribution in [0.1, 0.15) is 17.5 Å². The zero-order chi connectivity index (χ0) is 20.2. The Morgan fingerprint density at radius 2 is 1.75 bits per heavy atom. The van der Waals surface area contributed by atoms with Crippen molar-refractivity contribution in [1.82, 2.24) is 16.0 Å². The average molecular weight is 384 g/mol. The number of aliphatic imine (C=N–C) groups is 1. The number of hydrogen-bond acceptors (Lipinski definition) is 4. The summed E-state index contributed by atoms with van der Waals surface area (Å²) in [7, 11) is 4.93. The molecule has 0 heterocycles. The highest BCUT2D eigenvalue weighted by atomic mass is 16.5. The molecule has 7 nitrogen and oxygen atoms in total. The highest BCUT2D eigenvalue weighted by Gasteiger charge is 2.07. The molecule has 0 spiro atoms. The SMILES string of the molecule is CN=C(NCCC(=O)NCc1ccccc1)NCc1ccc(OC)cc1OC. The quantitative estimate of drug-likeness (QED) is 0.455. The second kappa shape index (κ2) is 11.5. The molecule has 0 aliphatic rings. The molecule has 2 rings (SSSR count). The second-order valence-electron chi connectivity index (χ2n) is 6.04. The molecule has 0 fully saturated rings. The molecule has 1 amide bonds. The van der Waals surface area contributed by atoms with Crippen LogP contribution in [0.15, 0.2) is 53.5 Å². The summed E-state index contributed by atoms with van der Waals surface area (Å²) in [4.78, 5) is 16.1. The highest BCUT2D eigenvalue weighted by Crippen LogP contribution is 2.24. The summed E-state index contributed by atoms with van der Waals surface area (Å²) in [5.74, 6) is 2.09. The largest absolute Gasteiger partial charge is 0.497 e. The van der Waals surface area contributed by atoms with Crippen LogP contribution in [0.2, 0.25) is 0 Å². The Hall–Kier alpha value is -3.22. The fraction of sp³-hybridized carbons (Fsp3) is 0.333. The highest BCUT2D eigenvalue weighted by molar-refractivity contribution is 5.81. The van der Waals surface area contributed by atoms with Gasteiger partial charge in [0.25, 0.3) is 0 Å². The molecule has 0 atom stereocenters. The maximum absolute atomic E-state index is 12.0. The number of rotatable bonds is 9. The van der Waals surface area contributed by atoms with Gasteiger partial charge in [-0.25, -0.2) is 0 Å². The van der Waals surface area contributed by atoms with Crippen molar-refractivity contribution in [3.63, 3.8) is 0 Å². The number of hydrogen-bond donors (Lipinski definition) is 3. The van der Waals surface area contributed by atoms with E-state index in [0.29, 0.717) is 32.0 Å². The van der Waals surface area contributed by atoms with Crippen molar-refractivity contribution in [1.29, 1.82) is 0 Å². The van der Waals surface area contributed by atoms with E-state index in [1.807, 2.05) is 48.5 Å². The van der Waals surface area contributed by atoms with Gasteiger partial charge in [-0.2, -0.15) is 0 Å². The third kappa shape index (κ3) is 6.83. The van der Waals surface area contributed by atoms with Gasteiger partial charge in [0.2, 0.25) is 5.91 Å². The topological polar surface area (TPSA) is 84.0 Å². The summed E-state index contributed by atoms with van der Waals surface area (Å²) in [5.41, 5.74) is 2.06. The van der Waals surface area contributed by atoms with Gasteiger partial charge in [-0.3, -0.25) is 9.79 Å². The molecule has 0 aliphatic carbocycles. The Morgan fingerprint density at radius 3 is 2.43 bits per heavy atom. The first-order valence-corrected chi connectivity index (χ1v) is 9.12. The van der Waals surface area contributed by atoms with Crippen molar-refractivity contribution in [3.8, 4) is 11.5 Å². The zero-order valence-electron chi connectivity index (χ0n) is 16.6. The lowest BCUT2D eigenvalue weighted by molar-refractivity contribution is -0.121. The van der Waals surface area contributed by atoms with Crippen molar-refractivity contribution in [2.75, 3.05) is 27.8 Å². The Kier molecular flexibility index (Phi) is 8.65. The van der Waals surface area contributed by atoms with E-state index in [9.17, 15) is 4.79 Å². The predicted octanol–water partition coefficient (Wildman–Crippen LogP) is 2.08. The number of carbonyl (C=O) groups is 1. The van der Waals surface area contributed by atoms with Crippen LogP contribution in [0.5, 0.6) is 11.5 Å². The number of benzene rings is 2. The minimum Gasteiger partial charge on any atom is -0.497 e. The van der Waals surface area contributed by atoms with E-state index in [2.05, 4.69) is 20.9 Å². The molecule has 0 bridgehead atoms. The third-order valence-corrected chi connectivity index (χ3v) is 4.14. The maximum Gasteiger partial charge on any atom is 0.222 e. The van der Waals surface area contributed by atoms with Crippen LogP contribution < -0.4 is 25.4 Å². The smallest absolute Gasteiger partial charge is 0.222 e. The number of nitrogens with zero attached hydrogens (tertiary/aromatic N) is 1. The van der Waals surface area contributed by atoms with E-state index in [-0.39, 0.29) is 5.91 Å². The summed E-state index contributed by atoms with van der Waals surface area (Å²) in [5, 5.41) is 9.26. The van der Waals surface area contributed by atoms with Crippen LogP contribution in [0, 0.1) is 0 Å². The van der Waals surface area contributed by atoms with Gasteiger partial charge < -0.3 is 25.4 Å². The molecule has 3 N–H and O–H groups in total. The van der Waals surface area contributed by atoms with Gasteiger partial charge >= 0.3 is 0 Å². The van der Waals surface area contributed by atoms with Crippen molar-refractivity contribution < 1.29 is 14.3 Å². The van der Waals surface area contributed by atoms with Crippen LogP contribution >= 0.6 is 0 Å².